The van der Waals surface area contributed by atoms with Crippen LogP contribution in [-0.4, -0.2) is 17.8 Å². The van der Waals surface area contributed by atoms with Gasteiger partial charge in [0.2, 0.25) is 5.24 Å². The third-order valence-electron chi connectivity index (χ3n) is 1.95. The van der Waals surface area contributed by atoms with Crippen molar-refractivity contribution in [3.8, 4) is 0 Å². The van der Waals surface area contributed by atoms with Gasteiger partial charge >= 0.3 is 5.97 Å². The number of hydrogen-bond acceptors (Lipinski definition) is 3. The molecule has 0 heterocycles. The average Bonchev–Trinajstić information content (AvgIpc) is 2.69. The van der Waals surface area contributed by atoms with Crippen LogP contribution < -0.4 is 0 Å². The Morgan fingerprint density at radius 2 is 2.17 bits per heavy atom. The standard InChI is InChI=1S/C8H11ClO3/c1-5(10)12-4-7(8(9)11)6-2-3-6/h6-7H,2-4H2,1H3/t7-/m0/s1. The minimum absolute atomic E-state index is 0.141. The summed E-state index contributed by atoms with van der Waals surface area (Å²) in [5.74, 6) is -0.302. The summed E-state index contributed by atoms with van der Waals surface area (Å²) >= 11 is 5.33. The topological polar surface area (TPSA) is 43.4 Å². The molecule has 0 aromatic carbocycles. The van der Waals surface area contributed by atoms with Crippen molar-refractivity contribution in [2.75, 3.05) is 6.61 Å². The van der Waals surface area contributed by atoms with Gasteiger partial charge in [0, 0.05) is 6.92 Å². The number of ether oxygens (including phenoxy) is 1. The lowest BCUT2D eigenvalue weighted by molar-refractivity contribution is -0.143. The minimum atomic E-state index is -0.390. The zero-order valence-corrected chi connectivity index (χ0v) is 7.63. The van der Waals surface area contributed by atoms with Crippen LogP contribution in [0.4, 0.5) is 0 Å². The first kappa shape index (κ1) is 9.52. The molecule has 0 aromatic rings. The highest BCUT2D eigenvalue weighted by molar-refractivity contribution is 6.64. The SMILES string of the molecule is CC(=O)OC[C@H](C(=O)Cl)C1CC1. The van der Waals surface area contributed by atoms with Gasteiger partial charge in [0.25, 0.3) is 0 Å². The Bertz CT molecular complexity index is 198. The highest BCUT2D eigenvalue weighted by Gasteiger charge is 2.35. The first-order chi connectivity index (χ1) is 5.61. The third-order valence-corrected chi connectivity index (χ3v) is 2.23. The summed E-state index contributed by atoms with van der Waals surface area (Å²) in [6.07, 6.45) is 2.04. The number of rotatable bonds is 4. The summed E-state index contributed by atoms with van der Waals surface area (Å²) < 4.78 is 4.72. The molecule has 0 N–H and O–H groups in total. The molecule has 1 rings (SSSR count). The van der Waals surface area contributed by atoms with E-state index in [4.69, 9.17) is 16.3 Å². The van der Waals surface area contributed by atoms with E-state index >= 15 is 0 Å². The van der Waals surface area contributed by atoms with Gasteiger partial charge in [-0.2, -0.15) is 0 Å². The Kier molecular flexibility index (Phi) is 3.09. The maximum absolute atomic E-state index is 10.8. The molecule has 0 bridgehead atoms. The maximum Gasteiger partial charge on any atom is 0.302 e. The quantitative estimate of drug-likeness (QED) is 0.497. The van der Waals surface area contributed by atoms with E-state index in [9.17, 15) is 9.59 Å². The van der Waals surface area contributed by atoms with Crippen molar-refractivity contribution in [1.29, 1.82) is 0 Å². The van der Waals surface area contributed by atoms with Crippen molar-refractivity contribution < 1.29 is 14.3 Å². The van der Waals surface area contributed by atoms with Crippen LogP contribution in [0.25, 0.3) is 0 Å². The van der Waals surface area contributed by atoms with Gasteiger partial charge in [0.15, 0.2) is 0 Å². The van der Waals surface area contributed by atoms with Gasteiger partial charge in [-0.15, -0.1) is 0 Å². The number of halogens is 1. The Morgan fingerprint density at radius 1 is 1.58 bits per heavy atom. The summed E-state index contributed by atoms with van der Waals surface area (Å²) in [6.45, 7) is 1.46. The Hall–Kier alpha value is -0.570. The van der Waals surface area contributed by atoms with E-state index in [0.29, 0.717) is 5.92 Å². The van der Waals surface area contributed by atoms with Gasteiger partial charge < -0.3 is 4.74 Å². The summed E-state index contributed by atoms with van der Waals surface area (Å²) in [4.78, 5) is 21.2. The Balaban J connectivity index is 2.33. The molecule has 1 fully saturated rings. The smallest absolute Gasteiger partial charge is 0.302 e. The summed E-state index contributed by atoms with van der Waals surface area (Å²) in [5, 5.41) is -0.390. The summed E-state index contributed by atoms with van der Waals surface area (Å²) in [6, 6.07) is 0. The van der Waals surface area contributed by atoms with Crippen molar-refractivity contribution in [2.24, 2.45) is 11.8 Å². The van der Waals surface area contributed by atoms with Crippen LogP contribution in [0.1, 0.15) is 19.8 Å². The van der Waals surface area contributed by atoms with Crippen LogP contribution in [-0.2, 0) is 14.3 Å². The van der Waals surface area contributed by atoms with Crippen molar-refractivity contribution in [2.45, 2.75) is 19.8 Å². The fourth-order valence-corrected chi connectivity index (χ4v) is 1.33. The number of hydrogen-bond donors (Lipinski definition) is 0. The molecule has 0 aromatic heterocycles. The lowest BCUT2D eigenvalue weighted by Crippen LogP contribution is -2.19. The fourth-order valence-electron chi connectivity index (χ4n) is 1.09. The average molecular weight is 191 g/mol. The van der Waals surface area contributed by atoms with Crippen LogP contribution in [0.5, 0.6) is 0 Å². The Morgan fingerprint density at radius 3 is 2.50 bits per heavy atom. The highest BCUT2D eigenvalue weighted by atomic mass is 35.5. The van der Waals surface area contributed by atoms with E-state index < -0.39 is 5.24 Å². The van der Waals surface area contributed by atoms with E-state index in [2.05, 4.69) is 0 Å². The van der Waals surface area contributed by atoms with Crippen molar-refractivity contribution >= 4 is 22.8 Å². The van der Waals surface area contributed by atoms with Gasteiger partial charge in [-0.3, -0.25) is 9.59 Å². The predicted molar refractivity (Wildman–Crippen MR) is 43.7 cm³/mol. The molecule has 0 amide bonds. The number of carbonyl (C=O) groups is 2. The van der Waals surface area contributed by atoms with E-state index in [-0.39, 0.29) is 18.5 Å². The monoisotopic (exact) mass is 190 g/mol. The van der Waals surface area contributed by atoms with Gasteiger partial charge in [0.05, 0.1) is 5.92 Å². The highest BCUT2D eigenvalue weighted by Crippen LogP contribution is 2.38. The lowest BCUT2D eigenvalue weighted by Gasteiger charge is -2.09. The van der Waals surface area contributed by atoms with E-state index in [1.165, 1.54) is 6.92 Å². The van der Waals surface area contributed by atoms with Crippen LogP contribution in [0.15, 0.2) is 0 Å². The molecule has 4 heteroatoms. The van der Waals surface area contributed by atoms with Crippen LogP contribution in [0.2, 0.25) is 0 Å². The molecule has 0 unspecified atom stereocenters. The third kappa shape index (κ3) is 2.81. The second kappa shape index (κ2) is 3.90. The maximum atomic E-state index is 10.8. The van der Waals surface area contributed by atoms with Crippen LogP contribution >= 0.6 is 11.6 Å². The van der Waals surface area contributed by atoms with Crippen LogP contribution in [0, 0.1) is 11.8 Å². The molecular formula is C8H11ClO3. The van der Waals surface area contributed by atoms with Gasteiger partial charge in [0.1, 0.15) is 6.61 Å². The molecular weight excluding hydrogens is 180 g/mol. The van der Waals surface area contributed by atoms with Crippen molar-refractivity contribution in [3.63, 3.8) is 0 Å². The van der Waals surface area contributed by atoms with Gasteiger partial charge in [-0.25, -0.2) is 0 Å². The van der Waals surface area contributed by atoms with Gasteiger partial charge in [-0.1, -0.05) is 0 Å². The summed E-state index contributed by atoms with van der Waals surface area (Å²) in [5.41, 5.74) is 0. The first-order valence-corrected chi connectivity index (χ1v) is 4.31. The van der Waals surface area contributed by atoms with Crippen molar-refractivity contribution in [1.82, 2.24) is 0 Å². The molecule has 1 aliphatic rings. The van der Waals surface area contributed by atoms with Crippen LogP contribution in [0.3, 0.4) is 0 Å². The zero-order chi connectivity index (χ0) is 9.14. The lowest BCUT2D eigenvalue weighted by atomic mass is 10.1. The molecule has 0 spiro atoms. The molecule has 0 saturated heterocycles. The van der Waals surface area contributed by atoms with E-state index in [0.717, 1.165) is 12.8 Å². The fraction of sp³-hybridized carbons (Fsp3) is 0.750. The predicted octanol–water partition coefficient (Wildman–Crippen LogP) is 1.34. The molecule has 68 valence electrons. The molecule has 12 heavy (non-hydrogen) atoms. The second-order valence-corrected chi connectivity index (χ2v) is 3.42. The van der Waals surface area contributed by atoms with E-state index in [1.54, 1.807) is 0 Å². The summed E-state index contributed by atoms with van der Waals surface area (Å²) in [7, 11) is 0. The van der Waals surface area contributed by atoms with Gasteiger partial charge in [-0.05, 0) is 30.4 Å². The molecule has 0 aliphatic heterocycles. The zero-order valence-electron chi connectivity index (χ0n) is 6.88. The largest absolute Gasteiger partial charge is 0.465 e. The molecule has 1 aliphatic carbocycles. The molecule has 1 saturated carbocycles. The normalized spacial score (nSPS) is 18.5. The van der Waals surface area contributed by atoms with Crippen molar-refractivity contribution in [3.05, 3.63) is 0 Å². The molecule has 0 radical (unpaired) electrons. The number of esters is 1. The Labute approximate surface area is 76.0 Å². The first-order valence-electron chi connectivity index (χ1n) is 3.94. The minimum Gasteiger partial charge on any atom is -0.465 e. The molecule has 1 atom stereocenters. The second-order valence-electron chi connectivity index (χ2n) is 3.05. The molecule has 3 nitrogen and oxygen atoms in total. The van der Waals surface area contributed by atoms with E-state index in [1.807, 2.05) is 0 Å². The number of carbonyl (C=O) groups excluding carboxylic acids is 2.